The van der Waals surface area contributed by atoms with Crippen LogP contribution in [0.2, 0.25) is 0 Å². The van der Waals surface area contributed by atoms with Gasteiger partial charge in [0.1, 0.15) is 5.69 Å². The third-order valence-electron chi connectivity index (χ3n) is 3.01. The van der Waals surface area contributed by atoms with Gasteiger partial charge < -0.3 is 5.32 Å². The van der Waals surface area contributed by atoms with Gasteiger partial charge in [-0.1, -0.05) is 18.2 Å². The van der Waals surface area contributed by atoms with E-state index in [0.29, 0.717) is 12.2 Å². The lowest BCUT2D eigenvalue weighted by molar-refractivity contribution is 0.0966. The molecule has 3 heterocycles. The van der Waals surface area contributed by atoms with Crippen molar-refractivity contribution in [1.29, 1.82) is 0 Å². The van der Waals surface area contributed by atoms with Crippen LogP contribution in [0.3, 0.4) is 0 Å². The van der Waals surface area contributed by atoms with Crippen molar-refractivity contribution in [2.75, 3.05) is 0 Å². The number of nitrogens with one attached hydrogen (secondary N) is 1. The quantitative estimate of drug-likeness (QED) is 0.584. The lowest BCUT2D eigenvalue weighted by atomic mass is 10.1. The van der Waals surface area contributed by atoms with Crippen molar-refractivity contribution in [2.24, 2.45) is 0 Å². The highest BCUT2D eigenvalue weighted by molar-refractivity contribution is 5.98. The van der Waals surface area contributed by atoms with E-state index in [-0.39, 0.29) is 11.6 Å². The highest BCUT2D eigenvalue weighted by Crippen LogP contribution is 2.13. The number of carbonyl (C=O) groups is 1. The first kappa shape index (κ1) is 12.2. The number of rotatable bonds is 0. The number of fused-ring (bicyclic) bond motifs is 2. The van der Waals surface area contributed by atoms with Gasteiger partial charge in [0.05, 0.1) is 5.69 Å². The molecule has 20 heavy (non-hydrogen) atoms. The van der Waals surface area contributed by atoms with Crippen molar-refractivity contribution >= 4 is 5.91 Å². The largest absolute Gasteiger partial charge is 0.348 e. The standard InChI is InChI=1S/C8H7NO.C6H2N2O2/c10-8-7-4-2-1-3-6(7)5-9-8;9-5-4-3(1-2-7-4)8-6(5)10/h1-4H,5H2,(H,9,10);1-2H. The SMILES string of the molecule is O=C1NCc2ccccc21.O=c1nc2ccnc-2c1=O. The molecule has 0 bridgehead atoms. The van der Waals surface area contributed by atoms with Crippen molar-refractivity contribution in [3.05, 3.63) is 68.2 Å². The van der Waals surface area contributed by atoms with E-state index in [0.717, 1.165) is 11.1 Å². The summed E-state index contributed by atoms with van der Waals surface area (Å²) in [7, 11) is 0. The first-order chi connectivity index (χ1) is 9.66. The molecule has 6 nitrogen and oxygen atoms in total. The minimum absolute atomic E-state index is 0.0515. The molecule has 4 rings (SSSR count). The molecule has 0 saturated heterocycles. The molecule has 0 aromatic heterocycles. The number of amides is 1. The topological polar surface area (TPSA) is 89.0 Å². The first-order valence-electron chi connectivity index (χ1n) is 5.95. The van der Waals surface area contributed by atoms with E-state index in [1.54, 1.807) is 0 Å². The van der Waals surface area contributed by atoms with Crippen LogP contribution < -0.4 is 16.3 Å². The van der Waals surface area contributed by atoms with Gasteiger partial charge in [-0.3, -0.25) is 19.4 Å². The summed E-state index contributed by atoms with van der Waals surface area (Å²) < 4.78 is 0. The lowest BCUT2D eigenvalue weighted by Gasteiger charge is -1.89. The van der Waals surface area contributed by atoms with Gasteiger partial charge in [0, 0.05) is 18.3 Å². The number of aromatic nitrogens is 2. The molecule has 1 aromatic carbocycles. The fraction of sp³-hybridized carbons (Fsp3) is 0.0714. The molecule has 98 valence electrons. The van der Waals surface area contributed by atoms with Crippen LogP contribution in [0.4, 0.5) is 0 Å². The van der Waals surface area contributed by atoms with Crippen LogP contribution in [-0.4, -0.2) is 15.9 Å². The maximum Gasteiger partial charge on any atom is 0.320 e. The molecule has 3 aliphatic heterocycles. The predicted octanol–water partition coefficient (Wildman–Crippen LogP) is 0.107. The first-order valence-corrected chi connectivity index (χ1v) is 5.95. The molecule has 0 spiro atoms. The van der Waals surface area contributed by atoms with Crippen LogP contribution in [0.5, 0.6) is 0 Å². The molecule has 0 fully saturated rings. The Labute approximate surface area is 113 Å². The fourth-order valence-electron chi connectivity index (χ4n) is 2.02. The van der Waals surface area contributed by atoms with Crippen molar-refractivity contribution in [3.63, 3.8) is 0 Å². The Morgan fingerprint density at radius 2 is 1.85 bits per heavy atom. The third-order valence-corrected chi connectivity index (χ3v) is 3.01. The van der Waals surface area contributed by atoms with E-state index in [1.807, 2.05) is 24.3 Å². The molecule has 1 aromatic rings. The average Bonchev–Trinajstić information content (AvgIpc) is 3.12. The minimum Gasteiger partial charge on any atom is -0.348 e. The Hall–Kier alpha value is -2.89. The van der Waals surface area contributed by atoms with Gasteiger partial charge in [0.2, 0.25) is 0 Å². The molecule has 6 heteroatoms. The van der Waals surface area contributed by atoms with E-state index in [4.69, 9.17) is 0 Å². The molecule has 1 N–H and O–H groups in total. The second-order valence-corrected chi connectivity index (χ2v) is 4.26. The fourth-order valence-corrected chi connectivity index (χ4v) is 2.02. The number of benzene rings is 1. The number of hydrogen-bond donors (Lipinski definition) is 1. The Morgan fingerprint density at radius 1 is 1.05 bits per heavy atom. The number of carbonyl (C=O) groups excluding carboxylic acids is 1. The van der Waals surface area contributed by atoms with Crippen molar-refractivity contribution in [3.8, 4) is 11.4 Å². The van der Waals surface area contributed by atoms with Crippen LogP contribution in [-0.2, 0) is 6.54 Å². The average molecular weight is 267 g/mol. The van der Waals surface area contributed by atoms with Gasteiger partial charge in [0.15, 0.2) is 0 Å². The molecule has 0 unspecified atom stereocenters. The maximum absolute atomic E-state index is 11.0. The summed E-state index contributed by atoms with van der Waals surface area (Å²) in [5.41, 5.74) is 1.20. The zero-order valence-electron chi connectivity index (χ0n) is 10.3. The number of nitrogens with zero attached hydrogens (tertiary/aromatic N) is 2. The summed E-state index contributed by atoms with van der Waals surface area (Å²) in [5.74, 6) is 0.0515. The van der Waals surface area contributed by atoms with E-state index < -0.39 is 11.0 Å². The highest BCUT2D eigenvalue weighted by atomic mass is 16.2. The van der Waals surface area contributed by atoms with Gasteiger partial charge in [-0.15, -0.1) is 0 Å². The molecular formula is C14H9N3O3. The van der Waals surface area contributed by atoms with Crippen molar-refractivity contribution < 1.29 is 4.79 Å². The molecular weight excluding hydrogens is 258 g/mol. The van der Waals surface area contributed by atoms with Crippen LogP contribution >= 0.6 is 0 Å². The summed E-state index contributed by atoms with van der Waals surface area (Å²) in [6, 6.07) is 9.17. The zero-order valence-corrected chi connectivity index (χ0v) is 10.3. The summed E-state index contributed by atoms with van der Waals surface area (Å²) >= 11 is 0. The van der Waals surface area contributed by atoms with Crippen molar-refractivity contribution in [1.82, 2.24) is 15.3 Å². The molecule has 0 aliphatic carbocycles. The van der Waals surface area contributed by atoms with Gasteiger partial charge in [0.25, 0.3) is 11.3 Å². The third kappa shape index (κ3) is 1.97. The molecule has 0 radical (unpaired) electrons. The Bertz CT molecular complexity index is 834. The summed E-state index contributed by atoms with van der Waals surface area (Å²) in [6.07, 6.45) is 1.46. The second-order valence-electron chi connectivity index (χ2n) is 4.26. The van der Waals surface area contributed by atoms with E-state index >= 15 is 0 Å². The Balaban J connectivity index is 0.000000121. The molecule has 0 saturated carbocycles. The lowest BCUT2D eigenvalue weighted by Crippen LogP contribution is -2.19. The predicted molar refractivity (Wildman–Crippen MR) is 71.2 cm³/mol. The zero-order chi connectivity index (χ0) is 14.1. The smallest absolute Gasteiger partial charge is 0.320 e. The summed E-state index contributed by atoms with van der Waals surface area (Å²) in [6.45, 7) is 0.689. The Kier molecular flexibility index (Phi) is 2.83. The van der Waals surface area contributed by atoms with Crippen LogP contribution in [0.25, 0.3) is 11.4 Å². The highest BCUT2D eigenvalue weighted by Gasteiger charge is 2.16. The van der Waals surface area contributed by atoms with E-state index in [2.05, 4.69) is 15.3 Å². The summed E-state index contributed by atoms with van der Waals surface area (Å²) in [4.78, 5) is 39.3. The van der Waals surface area contributed by atoms with E-state index in [1.165, 1.54) is 12.3 Å². The maximum atomic E-state index is 11.0. The van der Waals surface area contributed by atoms with Gasteiger partial charge >= 0.3 is 5.56 Å². The molecule has 1 amide bonds. The monoisotopic (exact) mass is 267 g/mol. The van der Waals surface area contributed by atoms with Gasteiger partial charge in [-0.25, -0.2) is 4.98 Å². The van der Waals surface area contributed by atoms with E-state index in [9.17, 15) is 14.4 Å². The second kappa shape index (κ2) is 4.65. The minimum atomic E-state index is -0.710. The summed E-state index contributed by atoms with van der Waals surface area (Å²) in [5, 5.41) is 2.75. The van der Waals surface area contributed by atoms with Gasteiger partial charge in [-0.05, 0) is 17.7 Å². The molecule has 0 atom stereocenters. The van der Waals surface area contributed by atoms with Crippen LogP contribution in [0.1, 0.15) is 15.9 Å². The number of hydrogen-bond acceptors (Lipinski definition) is 5. The van der Waals surface area contributed by atoms with Crippen molar-refractivity contribution in [2.45, 2.75) is 6.54 Å². The Morgan fingerprint density at radius 3 is 2.60 bits per heavy atom. The van der Waals surface area contributed by atoms with Gasteiger partial charge in [-0.2, -0.15) is 0 Å². The normalized spacial score (nSPS) is 12.7. The van der Waals surface area contributed by atoms with Crippen LogP contribution in [0.15, 0.2) is 46.1 Å². The van der Waals surface area contributed by atoms with Crippen LogP contribution in [0, 0.1) is 0 Å². The molecule has 3 aliphatic rings.